The first kappa shape index (κ1) is 32.3. The number of halogens is 1. The molecule has 2 aliphatic heterocycles. The molecule has 0 atom stereocenters. The zero-order chi connectivity index (χ0) is 30.2. The van der Waals surface area contributed by atoms with Crippen molar-refractivity contribution in [1.82, 2.24) is 19.9 Å². The molecular weight excluding hydrogens is 576 g/mol. The van der Waals surface area contributed by atoms with E-state index in [1.54, 1.807) is 12.5 Å². The Hall–Kier alpha value is -4.57. The molecule has 10 nitrogen and oxygen atoms in total. The van der Waals surface area contributed by atoms with E-state index in [2.05, 4.69) is 41.9 Å². The Balaban J connectivity index is 0.000000197. The number of carbonyl (C=O) groups is 2. The molecule has 6 rings (SSSR count). The summed E-state index contributed by atoms with van der Waals surface area (Å²) in [6.07, 6.45) is 8.22. The number of hydrogen-bond donors (Lipinski definition) is 2. The molecule has 0 spiro atoms. The van der Waals surface area contributed by atoms with Crippen LogP contribution in [0.15, 0.2) is 79.4 Å². The second kappa shape index (κ2) is 15.2. The molecule has 4 N–H and O–H groups in total. The number of nitrogens with two attached hydrogens (primary N) is 2. The van der Waals surface area contributed by atoms with Crippen LogP contribution in [-0.2, 0) is 9.59 Å². The number of benzene rings is 2. The lowest BCUT2D eigenvalue weighted by Gasteiger charge is -2.32. The van der Waals surface area contributed by atoms with Crippen molar-refractivity contribution in [1.29, 1.82) is 0 Å². The highest BCUT2D eigenvalue weighted by atomic mass is 35.5. The third-order valence-corrected chi connectivity index (χ3v) is 8.18. The standard InChI is InChI=1S/C16H17ClN4O.C16H18N4O.CH4/c17-16-19-10-13(11-4-2-1-3-5-11)15(20-16)21-8-6-12(7-9-21)14(18)22;17-15(21)13-6-8-20(9-7-13)16-14(10-18-11-19-16)12-4-2-1-3-5-12;/h1-5,10,12H,6-9H2,(H2,18,22);1-5,10-11,13H,6-9H2,(H2,17,21);1H4. The number of anilines is 2. The molecule has 0 radical (unpaired) electrons. The number of hydrogen-bond acceptors (Lipinski definition) is 8. The summed E-state index contributed by atoms with van der Waals surface area (Å²) in [6, 6.07) is 20.1. The Morgan fingerprint density at radius 3 is 1.61 bits per heavy atom. The minimum absolute atomic E-state index is 0. The molecule has 44 heavy (non-hydrogen) atoms. The maximum Gasteiger partial charge on any atom is 0.224 e. The number of primary amides is 2. The molecule has 4 aromatic rings. The number of nitrogens with zero attached hydrogens (tertiary/aromatic N) is 6. The van der Waals surface area contributed by atoms with E-state index in [0.717, 1.165) is 85.8 Å². The normalized spacial score (nSPS) is 15.5. The van der Waals surface area contributed by atoms with Crippen LogP contribution in [0.5, 0.6) is 0 Å². The summed E-state index contributed by atoms with van der Waals surface area (Å²) in [5, 5.41) is 0.228. The first-order valence-electron chi connectivity index (χ1n) is 14.4. The highest BCUT2D eigenvalue weighted by Gasteiger charge is 2.27. The third kappa shape index (κ3) is 7.87. The number of piperidine rings is 2. The molecule has 0 aliphatic carbocycles. The molecular formula is C33H39ClN8O2. The summed E-state index contributed by atoms with van der Waals surface area (Å²) in [4.78, 5) is 44.0. The van der Waals surface area contributed by atoms with Crippen LogP contribution in [0.4, 0.5) is 11.6 Å². The fraction of sp³-hybridized carbons (Fsp3) is 0.333. The Labute approximate surface area is 263 Å². The van der Waals surface area contributed by atoms with Crippen molar-refractivity contribution < 1.29 is 9.59 Å². The van der Waals surface area contributed by atoms with Crippen LogP contribution in [0.25, 0.3) is 22.3 Å². The second-order valence-corrected chi connectivity index (χ2v) is 11.0. The van der Waals surface area contributed by atoms with Gasteiger partial charge in [0.25, 0.3) is 0 Å². The highest BCUT2D eigenvalue weighted by Crippen LogP contribution is 2.33. The van der Waals surface area contributed by atoms with Gasteiger partial charge in [0, 0.05) is 61.5 Å². The maximum atomic E-state index is 11.3. The van der Waals surface area contributed by atoms with Gasteiger partial charge in [-0.2, -0.15) is 4.98 Å². The summed E-state index contributed by atoms with van der Waals surface area (Å²) in [5.74, 6) is 1.27. The molecule has 2 aromatic carbocycles. The average Bonchev–Trinajstić information content (AvgIpc) is 3.06. The Morgan fingerprint density at radius 2 is 1.14 bits per heavy atom. The lowest BCUT2D eigenvalue weighted by molar-refractivity contribution is -0.123. The predicted octanol–water partition coefficient (Wildman–Crippen LogP) is 4.98. The molecule has 230 valence electrons. The van der Waals surface area contributed by atoms with Gasteiger partial charge in [0.1, 0.15) is 18.0 Å². The first-order chi connectivity index (χ1) is 20.9. The number of rotatable bonds is 6. The molecule has 11 heteroatoms. The van der Waals surface area contributed by atoms with Crippen LogP contribution < -0.4 is 21.3 Å². The lowest BCUT2D eigenvalue weighted by Crippen LogP contribution is -2.39. The van der Waals surface area contributed by atoms with E-state index in [0.29, 0.717) is 0 Å². The van der Waals surface area contributed by atoms with Crippen LogP contribution >= 0.6 is 11.6 Å². The van der Waals surface area contributed by atoms with Crippen LogP contribution in [0.3, 0.4) is 0 Å². The Morgan fingerprint density at radius 1 is 0.682 bits per heavy atom. The van der Waals surface area contributed by atoms with Gasteiger partial charge in [0.15, 0.2) is 0 Å². The second-order valence-electron chi connectivity index (χ2n) is 10.7. The summed E-state index contributed by atoms with van der Waals surface area (Å²) < 4.78 is 0. The van der Waals surface area contributed by atoms with E-state index < -0.39 is 0 Å². The summed E-state index contributed by atoms with van der Waals surface area (Å²) in [7, 11) is 0. The first-order valence-corrected chi connectivity index (χ1v) is 14.8. The summed E-state index contributed by atoms with van der Waals surface area (Å²) in [5.41, 5.74) is 14.9. The van der Waals surface area contributed by atoms with Gasteiger partial charge in [-0.05, 0) is 48.4 Å². The van der Waals surface area contributed by atoms with Gasteiger partial charge in [-0.3, -0.25) is 9.59 Å². The van der Waals surface area contributed by atoms with Gasteiger partial charge in [-0.1, -0.05) is 68.1 Å². The van der Waals surface area contributed by atoms with Gasteiger partial charge in [0.2, 0.25) is 17.1 Å². The van der Waals surface area contributed by atoms with Crippen LogP contribution in [0, 0.1) is 11.8 Å². The van der Waals surface area contributed by atoms with E-state index >= 15 is 0 Å². The fourth-order valence-electron chi connectivity index (χ4n) is 5.56. The van der Waals surface area contributed by atoms with Gasteiger partial charge >= 0.3 is 0 Å². The summed E-state index contributed by atoms with van der Waals surface area (Å²) >= 11 is 5.98. The average molecular weight is 615 g/mol. The molecule has 0 unspecified atom stereocenters. The van der Waals surface area contributed by atoms with E-state index in [1.165, 1.54) is 0 Å². The van der Waals surface area contributed by atoms with Gasteiger partial charge < -0.3 is 21.3 Å². The third-order valence-electron chi connectivity index (χ3n) is 7.99. The van der Waals surface area contributed by atoms with E-state index in [-0.39, 0.29) is 36.4 Å². The van der Waals surface area contributed by atoms with Crippen molar-refractivity contribution >= 4 is 35.1 Å². The zero-order valence-electron chi connectivity index (χ0n) is 23.8. The minimum atomic E-state index is -0.219. The molecule has 2 aromatic heterocycles. The van der Waals surface area contributed by atoms with Gasteiger partial charge in [-0.25, -0.2) is 15.0 Å². The summed E-state index contributed by atoms with van der Waals surface area (Å²) in [6.45, 7) is 3.07. The lowest BCUT2D eigenvalue weighted by atomic mass is 9.96. The SMILES string of the molecule is C.NC(=O)C1CCN(c2nc(Cl)ncc2-c2ccccc2)CC1.NC(=O)C1CCN(c2ncncc2-c2ccccc2)CC1. The maximum absolute atomic E-state index is 11.3. The molecule has 2 saturated heterocycles. The largest absolute Gasteiger partial charge is 0.369 e. The van der Waals surface area contributed by atoms with Crippen molar-refractivity contribution in [2.24, 2.45) is 23.3 Å². The number of amides is 2. The van der Waals surface area contributed by atoms with Crippen molar-refractivity contribution in [2.75, 3.05) is 36.0 Å². The molecule has 2 amide bonds. The Bertz CT molecular complexity index is 1520. The van der Waals surface area contributed by atoms with Crippen molar-refractivity contribution in [3.05, 3.63) is 84.7 Å². The molecule has 0 saturated carbocycles. The monoisotopic (exact) mass is 614 g/mol. The van der Waals surface area contributed by atoms with E-state index in [1.807, 2.05) is 54.7 Å². The quantitative estimate of drug-likeness (QED) is 0.289. The predicted molar refractivity (Wildman–Crippen MR) is 175 cm³/mol. The topological polar surface area (TPSA) is 144 Å². The van der Waals surface area contributed by atoms with E-state index in [9.17, 15) is 9.59 Å². The van der Waals surface area contributed by atoms with Gasteiger partial charge in [0.05, 0.1) is 0 Å². The fourth-order valence-corrected chi connectivity index (χ4v) is 5.69. The van der Waals surface area contributed by atoms with Crippen molar-refractivity contribution in [3.8, 4) is 22.3 Å². The van der Waals surface area contributed by atoms with Crippen molar-refractivity contribution in [3.63, 3.8) is 0 Å². The minimum Gasteiger partial charge on any atom is -0.369 e. The van der Waals surface area contributed by atoms with E-state index in [4.69, 9.17) is 23.1 Å². The Kier molecular flexibility index (Phi) is 11.2. The zero-order valence-corrected chi connectivity index (χ0v) is 24.6. The molecule has 4 heterocycles. The number of carbonyl (C=O) groups excluding carboxylic acids is 2. The van der Waals surface area contributed by atoms with Gasteiger partial charge in [-0.15, -0.1) is 0 Å². The van der Waals surface area contributed by atoms with Crippen LogP contribution in [-0.4, -0.2) is 57.9 Å². The molecule has 2 aliphatic rings. The molecule has 0 bridgehead atoms. The van der Waals surface area contributed by atoms with Crippen LogP contribution in [0.2, 0.25) is 5.28 Å². The number of aromatic nitrogens is 4. The molecule has 2 fully saturated rings. The smallest absolute Gasteiger partial charge is 0.224 e. The van der Waals surface area contributed by atoms with Crippen molar-refractivity contribution in [2.45, 2.75) is 33.1 Å². The van der Waals surface area contributed by atoms with Crippen LogP contribution in [0.1, 0.15) is 33.1 Å². The highest BCUT2D eigenvalue weighted by molar-refractivity contribution is 6.28.